The maximum atomic E-state index is 12.4. The molecule has 0 bridgehead atoms. The molecule has 3 rings (SSSR count). The van der Waals surface area contributed by atoms with Gasteiger partial charge in [-0.2, -0.15) is 0 Å². The van der Waals surface area contributed by atoms with Crippen molar-refractivity contribution in [3.8, 4) is 0 Å². The van der Waals surface area contributed by atoms with Crippen LogP contribution >= 0.6 is 0 Å². The van der Waals surface area contributed by atoms with Gasteiger partial charge in [-0.1, -0.05) is 6.08 Å². The summed E-state index contributed by atoms with van der Waals surface area (Å²) in [5, 5.41) is 22.0. The number of nitro benzene ring substituents is 2. The molecule has 0 radical (unpaired) electrons. The molecule has 2 aliphatic rings. The highest BCUT2D eigenvalue weighted by molar-refractivity contribution is 5.91. The topological polar surface area (TPSA) is 125 Å². The van der Waals surface area contributed by atoms with E-state index in [4.69, 9.17) is 9.47 Å². The summed E-state index contributed by atoms with van der Waals surface area (Å²) in [7, 11) is 0. The fourth-order valence-electron chi connectivity index (χ4n) is 3.44. The van der Waals surface area contributed by atoms with Crippen LogP contribution in [-0.2, 0) is 9.47 Å². The van der Waals surface area contributed by atoms with E-state index in [2.05, 4.69) is 4.90 Å². The number of nitrogens with zero attached hydrogens (tertiary/aromatic N) is 3. The van der Waals surface area contributed by atoms with E-state index in [0.717, 1.165) is 44.3 Å². The lowest BCUT2D eigenvalue weighted by Gasteiger charge is -2.32. The summed E-state index contributed by atoms with van der Waals surface area (Å²) in [5.74, 6) is -0.492. The first kappa shape index (κ1) is 19.9. The Bertz CT molecular complexity index is 757. The van der Waals surface area contributed by atoms with E-state index in [1.807, 2.05) is 6.08 Å². The Morgan fingerprint density at radius 2 is 1.79 bits per heavy atom. The second kappa shape index (κ2) is 8.89. The molecule has 10 heteroatoms. The number of hydrogen-bond acceptors (Lipinski definition) is 8. The van der Waals surface area contributed by atoms with Crippen LogP contribution in [-0.4, -0.2) is 59.7 Å². The predicted molar refractivity (Wildman–Crippen MR) is 98.1 cm³/mol. The number of carbonyl (C=O) groups excluding carboxylic acids is 1. The number of hydrogen-bond donors (Lipinski definition) is 0. The van der Waals surface area contributed by atoms with Crippen LogP contribution in [0.25, 0.3) is 0 Å². The standard InChI is InChI=1S/C18H21N3O7/c22-18(14-9-15(20(23)24)11-16(10-14)21(25)26)28-17-3-1-2-13(8-17)12-19-4-6-27-7-5-19/h1,3,9-11,13,17H,2,4-8,12H2/t13-,17+/m1/s1. The third kappa shape index (κ3) is 5.11. The van der Waals surface area contributed by atoms with Gasteiger partial charge in [0.05, 0.1) is 34.7 Å². The lowest BCUT2D eigenvalue weighted by molar-refractivity contribution is -0.394. The molecule has 10 nitrogen and oxygen atoms in total. The molecule has 0 amide bonds. The van der Waals surface area contributed by atoms with Crippen molar-refractivity contribution in [2.45, 2.75) is 18.9 Å². The van der Waals surface area contributed by atoms with Crippen molar-refractivity contribution in [2.24, 2.45) is 5.92 Å². The fourth-order valence-corrected chi connectivity index (χ4v) is 3.44. The highest BCUT2D eigenvalue weighted by Gasteiger charge is 2.26. The van der Waals surface area contributed by atoms with Crippen LogP contribution < -0.4 is 0 Å². The Hall–Kier alpha value is -2.85. The van der Waals surface area contributed by atoms with Gasteiger partial charge in [0, 0.05) is 31.8 Å². The molecule has 0 unspecified atom stereocenters. The van der Waals surface area contributed by atoms with Gasteiger partial charge in [-0.15, -0.1) is 0 Å². The molecule has 0 saturated carbocycles. The van der Waals surface area contributed by atoms with Crippen molar-refractivity contribution in [2.75, 3.05) is 32.8 Å². The summed E-state index contributed by atoms with van der Waals surface area (Å²) in [6, 6.07) is 2.80. The van der Waals surface area contributed by atoms with Gasteiger partial charge >= 0.3 is 5.97 Å². The predicted octanol–water partition coefficient (Wildman–Crippen LogP) is 2.33. The van der Waals surface area contributed by atoms with E-state index in [1.165, 1.54) is 0 Å². The number of benzene rings is 1. The van der Waals surface area contributed by atoms with Gasteiger partial charge in [0.15, 0.2) is 0 Å². The summed E-state index contributed by atoms with van der Waals surface area (Å²) >= 11 is 0. The normalized spacial score (nSPS) is 22.6. The smallest absolute Gasteiger partial charge is 0.339 e. The summed E-state index contributed by atoms with van der Waals surface area (Å²) in [4.78, 5) is 35.2. The molecular formula is C18H21N3O7. The maximum Gasteiger partial charge on any atom is 0.339 e. The molecule has 1 aromatic carbocycles. The zero-order chi connectivity index (χ0) is 20.1. The van der Waals surface area contributed by atoms with Crippen LogP contribution in [0.1, 0.15) is 23.2 Å². The molecule has 1 fully saturated rings. The van der Waals surface area contributed by atoms with Gasteiger partial charge in [0.1, 0.15) is 6.10 Å². The fraction of sp³-hybridized carbons (Fsp3) is 0.500. The summed E-state index contributed by atoms with van der Waals surface area (Å²) in [5.41, 5.74) is -1.25. The zero-order valence-corrected chi connectivity index (χ0v) is 15.2. The first-order valence-electron chi connectivity index (χ1n) is 9.04. The Kier molecular flexibility index (Phi) is 6.32. The largest absolute Gasteiger partial charge is 0.455 e. The molecule has 150 valence electrons. The zero-order valence-electron chi connectivity index (χ0n) is 15.2. The number of carbonyl (C=O) groups is 1. The molecule has 1 saturated heterocycles. The monoisotopic (exact) mass is 391 g/mol. The highest BCUT2D eigenvalue weighted by atomic mass is 16.6. The highest BCUT2D eigenvalue weighted by Crippen LogP contribution is 2.26. The molecular weight excluding hydrogens is 370 g/mol. The Morgan fingerprint density at radius 1 is 1.14 bits per heavy atom. The van der Waals surface area contributed by atoms with Crippen LogP contribution in [0.15, 0.2) is 30.4 Å². The SMILES string of the molecule is O=C(O[C@H]1C=CC[C@@H](CN2CCOCC2)C1)c1cc([N+](=O)[O-])cc([N+](=O)[O-])c1. The molecule has 1 aromatic rings. The minimum Gasteiger partial charge on any atom is -0.455 e. The maximum absolute atomic E-state index is 12.4. The van der Waals surface area contributed by atoms with Gasteiger partial charge in [-0.3, -0.25) is 25.1 Å². The van der Waals surface area contributed by atoms with Crippen molar-refractivity contribution >= 4 is 17.3 Å². The minimum atomic E-state index is -0.812. The minimum absolute atomic E-state index is 0.204. The Labute approximate surface area is 161 Å². The molecule has 0 N–H and O–H groups in total. The molecule has 1 aliphatic heterocycles. The first-order chi connectivity index (χ1) is 13.4. The lowest BCUT2D eigenvalue weighted by Crippen LogP contribution is -2.40. The van der Waals surface area contributed by atoms with E-state index < -0.39 is 33.3 Å². The average molecular weight is 391 g/mol. The van der Waals surface area contributed by atoms with Gasteiger partial charge < -0.3 is 9.47 Å². The number of morpholine rings is 1. The van der Waals surface area contributed by atoms with Crippen molar-refractivity contribution in [1.29, 1.82) is 0 Å². The number of esters is 1. The number of allylic oxidation sites excluding steroid dienone is 1. The molecule has 1 heterocycles. The third-order valence-electron chi connectivity index (χ3n) is 4.82. The van der Waals surface area contributed by atoms with Gasteiger partial charge in [0.2, 0.25) is 0 Å². The van der Waals surface area contributed by atoms with Crippen molar-refractivity contribution in [3.05, 3.63) is 56.1 Å². The third-order valence-corrected chi connectivity index (χ3v) is 4.82. The van der Waals surface area contributed by atoms with Crippen LogP contribution in [0.3, 0.4) is 0 Å². The Morgan fingerprint density at radius 3 is 2.39 bits per heavy atom. The van der Waals surface area contributed by atoms with Crippen LogP contribution in [0, 0.1) is 26.1 Å². The summed E-state index contributed by atoms with van der Waals surface area (Å²) in [6.45, 7) is 4.06. The quantitative estimate of drug-likeness (QED) is 0.313. The summed E-state index contributed by atoms with van der Waals surface area (Å²) < 4.78 is 10.8. The number of nitro groups is 2. The molecule has 2 atom stereocenters. The van der Waals surface area contributed by atoms with Crippen LogP contribution in [0.4, 0.5) is 11.4 Å². The first-order valence-corrected chi connectivity index (χ1v) is 9.04. The average Bonchev–Trinajstić information content (AvgIpc) is 2.68. The van der Waals surface area contributed by atoms with E-state index in [0.29, 0.717) is 25.6 Å². The van der Waals surface area contributed by atoms with E-state index in [1.54, 1.807) is 6.08 Å². The van der Waals surface area contributed by atoms with E-state index in [9.17, 15) is 25.0 Å². The van der Waals surface area contributed by atoms with Gasteiger partial charge in [-0.05, 0) is 24.8 Å². The molecule has 0 aromatic heterocycles. The van der Waals surface area contributed by atoms with Gasteiger partial charge in [-0.25, -0.2) is 4.79 Å². The number of ether oxygens (including phenoxy) is 2. The van der Waals surface area contributed by atoms with Gasteiger partial charge in [0.25, 0.3) is 11.4 Å². The Balaban J connectivity index is 1.65. The van der Waals surface area contributed by atoms with E-state index >= 15 is 0 Å². The van der Waals surface area contributed by atoms with Crippen LogP contribution in [0.5, 0.6) is 0 Å². The lowest BCUT2D eigenvalue weighted by atomic mass is 9.91. The number of non-ortho nitro benzene ring substituents is 2. The second-order valence-corrected chi connectivity index (χ2v) is 6.87. The number of rotatable bonds is 6. The second-order valence-electron chi connectivity index (χ2n) is 6.87. The summed E-state index contributed by atoms with van der Waals surface area (Å²) in [6.07, 6.45) is 4.80. The van der Waals surface area contributed by atoms with Crippen molar-refractivity contribution in [1.82, 2.24) is 4.90 Å². The molecule has 1 aliphatic carbocycles. The molecule has 28 heavy (non-hydrogen) atoms. The van der Waals surface area contributed by atoms with Crippen molar-refractivity contribution < 1.29 is 24.1 Å². The van der Waals surface area contributed by atoms with Crippen LogP contribution in [0.2, 0.25) is 0 Å². The van der Waals surface area contributed by atoms with E-state index in [-0.39, 0.29) is 5.56 Å². The van der Waals surface area contributed by atoms with Crippen molar-refractivity contribution in [3.63, 3.8) is 0 Å². The molecule has 0 spiro atoms.